The number of amides is 1. The average Bonchev–Trinajstić information content (AvgIpc) is 2.60. The molecule has 2 aromatic rings. The highest BCUT2D eigenvalue weighted by Gasteiger charge is 2.20. The average molecular weight is 409 g/mol. The minimum absolute atomic E-state index is 0.0391. The van der Waals surface area contributed by atoms with Crippen molar-refractivity contribution in [2.24, 2.45) is 0 Å². The zero-order chi connectivity index (χ0) is 20.9. The summed E-state index contributed by atoms with van der Waals surface area (Å²) in [5.74, 6) is -1.10. The molecule has 8 nitrogen and oxygen atoms in total. The van der Waals surface area contributed by atoms with Crippen molar-refractivity contribution in [2.45, 2.75) is 19.8 Å². The minimum Gasteiger partial charge on any atom is -0.326 e. The number of para-hydroxylation sites is 1. The van der Waals surface area contributed by atoms with Crippen LogP contribution < -0.4 is 9.62 Å². The van der Waals surface area contributed by atoms with Gasteiger partial charge in [-0.05, 0) is 31.0 Å². The van der Waals surface area contributed by atoms with E-state index in [9.17, 15) is 27.7 Å². The Balaban J connectivity index is 2.03. The van der Waals surface area contributed by atoms with E-state index >= 15 is 0 Å². The van der Waals surface area contributed by atoms with Crippen LogP contribution in [0, 0.1) is 22.9 Å². The van der Waals surface area contributed by atoms with Gasteiger partial charge in [0.25, 0.3) is 5.69 Å². The van der Waals surface area contributed by atoms with Gasteiger partial charge < -0.3 is 5.32 Å². The van der Waals surface area contributed by atoms with Gasteiger partial charge in [-0.1, -0.05) is 18.2 Å². The van der Waals surface area contributed by atoms with Gasteiger partial charge in [0.05, 0.1) is 22.6 Å². The van der Waals surface area contributed by atoms with Crippen LogP contribution in [0.4, 0.5) is 21.5 Å². The van der Waals surface area contributed by atoms with E-state index in [4.69, 9.17) is 0 Å². The summed E-state index contributed by atoms with van der Waals surface area (Å²) in [4.78, 5) is 22.4. The molecule has 2 rings (SSSR count). The van der Waals surface area contributed by atoms with Crippen LogP contribution in [0.25, 0.3) is 0 Å². The molecule has 0 bridgehead atoms. The van der Waals surface area contributed by atoms with Crippen LogP contribution in [0.1, 0.15) is 18.4 Å². The van der Waals surface area contributed by atoms with E-state index in [2.05, 4.69) is 5.32 Å². The molecular weight excluding hydrogens is 389 g/mol. The van der Waals surface area contributed by atoms with E-state index in [-0.39, 0.29) is 30.8 Å². The van der Waals surface area contributed by atoms with Crippen molar-refractivity contribution >= 4 is 33.0 Å². The van der Waals surface area contributed by atoms with Crippen LogP contribution in [0.15, 0.2) is 42.5 Å². The number of halogens is 1. The number of benzene rings is 2. The Bertz CT molecular complexity index is 994. The number of nitro benzene ring substituents is 1. The Kier molecular flexibility index (Phi) is 6.68. The van der Waals surface area contributed by atoms with Gasteiger partial charge >= 0.3 is 0 Å². The van der Waals surface area contributed by atoms with E-state index in [0.717, 1.165) is 16.6 Å². The molecular formula is C18H20FN3O5S. The first-order valence-corrected chi connectivity index (χ1v) is 10.2. The third kappa shape index (κ3) is 5.49. The molecule has 0 fully saturated rings. The third-order valence-electron chi connectivity index (χ3n) is 3.99. The number of anilines is 2. The highest BCUT2D eigenvalue weighted by atomic mass is 32.2. The summed E-state index contributed by atoms with van der Waals surface area (Å²) in [6.45, 7) is 1.62. The molecule has 0 spiro atoms. The van der Waals surface area contributed by atoms with Gasteiger partial charge in [-0.25, -0.2) is 12.8 Å². The van der Waals surface area contributed by atoms with E-state index in [1.54, 1.807) is 6.92 Å². The maximum Gasteiger partial charge on any atom is 0.271 e. The van der Waals surface area contributed by atoms with Crippen molar-refractivity contribution < 1.29 is 22.5 Å². The van der Waals surface area contributed by atoms with Crippen LogP contribution >= 0.6 is 0 Å². The standard InChI is InChI=1S/C18H20FN3O5S/c1-13-9-10-14(22(24)25)12-16(13)20-18(23)8-5-11-21(28(2,26)27)17-7-4-3-6-15(17)19/h3-4,6-7,9-10,12H,5,8,11H2,1-2H3,(H,20,23). The number of non-ortho nitro benzene ring substituents is 1. The number of carbonyl (C=O) groups excluding carboxylic acids is 1. The number of nitro groups is 1. The van der Waals surface area contributed by atoms with Crippen LogP contribution in [0.3, 0.4) is 0 Å². The third-order valence-corrected chi connectivity index (χ3v) is 5.17. The lowest BCUT2D eigenvalue weighted by Crippen LogP contribution is -2.32. The van der Waals surface area contributed by atoms with Gasteiger partial charge in [-0.15, -0.1) is 0 Å². The summed E-state index contributed by atoms with van der Waals surface area (Å²) in [6.07, 6.45) is 1.07. The summed E-state index contributed by atoms with van der Waals surface area (Å²) in [6, 6.07) is 9.60. The molecule has 0 saturated heterocycles. The zero-order valence-electron chi connectivity index (χ0n) is 15.4. The molecule has 1 amide bonds. The Labute approximate surface area is 162 Å². The van der Waals surface area contributed by atoms with Crippen LogP contribution in [0.5, 0.6) is 0 Å². The van der Waals surface area contributed by atoms with Crippen LogP contribution in [-0.2, 0) is 14.8 Å². The van der Waals surface area contributed by atoms with Gasteiger partial charge in [0.2, 0.25) is 15.9 Å². The van der Waals surface area contributed by atoms with Crippen molar-refractivity contribution in [1.29, 1.82) is 0 Å². The van der Waals surface area contributed by atoms with Crippen molar-refractivity contribution in [2.75, 3.05) is 22.4 Å². The predicted molar refractivity (Wildman–Crippen MR) is 104 cm³/mol. The quantitative estimate of drug-likeness (QED) is 0.532. The summed E-state index contributed by atoms with van der Waals surface area (Å²) >= 11 is 0. The topological polar surface area (TPSA) is 110 Å². The van der Waals surface area contributed by atoms with Gasteiger partial charge in [-0.2, -0.15) is 0 Å². The predicted octanol–water partition coefficient (Wildman–Crippen LogP) is 3.23. The largest absolute Gasteiger partial charge is 0.326 e. The van der Waals surface area contributed by atoms with E-state index in [1.165, 1.54) is 36.4 Å². The lowest BCUT2D eigenvalue weighted by Gasteiger charge is -2.22. The number of carbonyl (C=O) groups is 1. The summed E-state index contributed by atoms with van der Waals surface area (Å²) in [5.41, 5.74) is 0.736. The fourth-order valence-electron chi connectivity index (χ4n) is 2.57. The van der Waals surface area contributed by atoms with Gasteiger partial charge in [0.15, 0.2) is 0 Å². The fourth-order valence-corrected chi connectivity index (χ4v) is 3.54. The normalized spacial score (nSPS) is 11.1. The molecule has 0 heterocycles. The first-order valence-electron chi connectivity index (χ1n) is 8.36. The molecule has 0 saturated carbocycles. The molecule has 28 heavy (non-hydrogen) atoms. The van der Waals surface area contributed by atoms with Crippen LogP contribution in [-0.4, -0.2) is 32.0 Å². The maximum absolute atomic E-state index is 14.0. The van der Waals surface area contributed by atoms with Gasteiger partial charge in [0.1, 0.15) is 5.82 Å². The Morgan fingerprint density at radius 2 is 1.93 bits per heavy atom. The Morgan fingerprint density at radius 1 is 1.25 bits per heavy atom. The second-order valence-electron chi connectivity index (χ2n) is 6.19. The molecule has 2 aromatic carbocycles. The fraction of sp³-hybridized carbons (Fsp3) is 0.278. The first kappa shape index (κ1) is 21.3. The second-order valence-corrected chi connectivity index (χ2v) is 8.10. The smallest absolute Gasteiger partial charge is 0.271 e. The lowest BCUT2D eigenvalue weighted by atomic mass is 10.1. The summed E-state index contributed by atoms with van der Waals surface area (Å²) in [5, 5.41) is 13.4. The van der Waals surface area contributed by atoms with Gasteiger partial charge in [-0.3, -0.25) is 19.2 Å². The summed E-state index contributed by atoms with van der Waals surface area (Å²) in [7, 11) is -3.73. The Hall–Kier alpha value is -3.01. The molecule has 0 aromatic heterocycles. The maximum atomic E-state index is 14.0. The van der Waals surface area contributed by atoms with Crippen molar-refractivity contribution in [3.8, 4) is 0 Å². The highest BCUT2D eigenvalue weighted by Crippen LogP contribution is 2.23. The van der Waals surface area contributed by atoms with Crippen LogP contribution in [0.2, 0.25) is 0 Å². The second kappa shape index (κ2) is 8.79. The minimum atomic E-state index is -3.73. The zero-order valence-corrected chi connectivity index (χ0v) is 16.2. The van der Waals surface area contributed by atoms with E-state index in [0.29, 0.717) is 11.3 Å². The van der Waals surface area contributed by atoms with E-state index in [1.807, 2.05) is 0 Å². The number of rotatable bonds is 8. The molecule has 10 heteroatoms. The number of nitrogens with zero attached hydrogens (tertiary/aromatic N) is 2. The Morgan fingerprint density at radius 3 is 2.54 bits per heavy atom. The monoisotopic (exact) mass is 409 g/mol. The molecule has 0 aliphatic carbocycles. The highest BCUT2D eigenvalue weighted by molar-refractivity contribution is 7.92. The van der Waals surface area contributed by atoms with Gasteiger partial charge in [0, 0.05) is 25.1 Å². The molecule has 0 unspecified atom stereocenters. The molecule has 150 valence electrons. The molecule has 1 N–H and O–H groups in total. The summed E-state index contributed by atoms with van der Waals surface area (Å²) < 4.78 is 38.8. The van der Waals surface area contributed by atoms with Crippen molar-refractivity contribution in [1.82, 2.24) is 0 Å². The number of hydrogen-bond acceptors (Lipinski definition) is 5. The number of hydrogen-bond donors (Lipinski definition) is 1. The number of nitrogens with one attached hydrogen (secondary N) is 1. The lowest BCUT2D eigenvalue weighted by molar-refractivity contribution is -0.384. The first-order chi connectivity index (χ1) is 13.1. The molecule has 0 aliphatic heterocycles. The van der Waals surface area contributed by atoms with E-state index < -0.39 is 26.7 Å². The molecule has 0 aliphatic rings. The number of sulfonamides is 1. The van der Waals surface area contributed by atoms with Crippen molar-refractivity contribution in [3.63, 3.8) is 0 Å². The SMILES string of the molecule is Cc1ccc([N+](=O)[O-])cc1NC(=O)CCCN(c1ccccc1F)S(C)(=O)=O. The number of aryl methyl sites for hydroxylation is 1. The molecule has 0 radical (unpaired) electrons. The molecule has 0 atom stereocenters. The van der Waals surface area contributed by atoms with Crippen molar-refractivity contribution in [3.05, 3.63) is 64.0 Å².